The van der Waals surface area contributed by atoms with Crippen molar-refractivity contribution in [1.82, 2.24) is 5.09 Å². The SMILES string of the molecule is O=P(NC(=S)Nc1ccccc1Cl)(Oc1ccccc1)Oc1ccccc1. The Bertz CT molecular complexity index is 912. The molecule has 3 rings (SSSR count). The first-order chi connectivity index (χ1) is 13.0. The summed E-state index contributed by atoms with van der Waals surface area (Å²) < 4.78 is 24.5. The summed E-state index contributed by atoms with van der Waals surface area (Å²) in [6, 6.07) is 24.5. The summed E-state index contributed by atoms with van der Waals surface area (Å²) in [5.74, 6) is 0.759. The molecule has 0 aliphatic rings. The Morgan fingerprint density at radius 2 is 1.30 bits per heavy atom. The molecule has 0 fully saturated rings. The zero-order valence-electron chi connectivity index (χ0n) is 14.0. The first kappa shape index (κ1) is 19.2. The van der Waals surface area contributed by atoms with Crippen molar-refractivity contribution in [3.05, 3.63) is 90.0 Å². The molecule has 0 aliphatic carbocycles. The van der Waals surface area contributed by atoms with Crippen molar-refractivity contribution >= 4 is 42.4 Å². The van der Waals surface area contributed by atoms with Gasteiger partial charge in [-0.3, -0.25) is 0 Å². The van der Waals surface area contributed by atoms with E-state index < -0.39 is 7.75 Å². The maximum Gasteiger partial charge on any atom is 0.543 e. The molecule has 0 saturated heterocycles. The van der Waals surface area contributed by atoms with Crippen LogP contribution in [0.2, 0.25) is 5.02 Å². The van der Waals surface area contributed by atoms with Crippen molar-refractivity contribution in [3.8, 4) is 11.5 Å². The Kier molecular flexibility index (Phi) is 6.35. The Balaban J connectivity index is 1.79. The molecule has 138 valence electrons. The Labute approximate surface area is 167 Å². The lowest BCUT2D eigenvalue weighted by atomic mass is 10.3. The smallest absolute Gasteiger partial charge is 0.400 e. The number of hydrogen-bond donors (Lipinski definition) is 2. The van der Waals surface area contributed by atoms with Crippen LogP contribution in [-0.4, -0.2) is 5.11 Å². The van der Waals surface area contributed by atoms with Crippen molar-refractivity contribution < 1.29 is 13.6 Å². The summed E-state index contributed by atoms with van der Waals surface area (Å²) >= 11 is 11.4. The molecule has 8 heteroatoms. The minimum atomic E-state index is -3.87. The molecule has 2 N–H and O–H groups in total. The second-order valence-electron chi connectivity index (χ2n) is 5.35. The van der Waals surface area contributed by atoms with E-state index in [4.69, 9.17) is 32.9 Å². The van der Waals surface area contributed by atoms with Gasteiger partial charge in [-0.15, -0.1) is 0 Å². The van der Waals surface area contributed by atoms with Crippen LogP contribution < -0.4 is 19.5 Å². The third-order valence-electron chi connectivity index (χ3n) is 3.30. The number of para-hydroxylation sites is 3. The van der Waals surface area contributed by atoms with E-state index in [0.29, 0.717) is 22.2 Å². The van der Waals surface area contributed by atoms with Crippen LogP contribution in [0.25, 0.3) is 0 Å². The minimum Gasteiger partial charge on any atom is -0.400 e. The third kappa shape index (κ3) is 5.73. The molecule has 0 aliphatic heterocycles. The van der Waals surface area contributed by atoms with Gasteiger partial charge in [0.2, 0.25) is 0 Å². The Morgan fingerprint density at radius 1 is 0.815 bits per heavy atom. The van der Waals surface area contributed by atoms with E-state index in [2.05, 4.69) is 10.4 Å². The highest BCUT2D eigenvalue weighted by atomic mass is 35.5. The summed E-state index contributed by atoms with van der Waals surface area (Å²) in [7, 11) is -3.87. The zero-order valence-corrected chi connectivity index (χ0v) is 16.5. The van der Waals surface area contributed by atoms with E-state index in [-0.39, 0.29) is 5.11 Å². The Morgan fingerprint density at radius 3 is 1.81 bits per heavy atom. The number of benzene rings is 3. The van der Waals surface area contributed by atoms with Crippen LogP contribution in [0.4, 0.5) is 5.69 Å². The van der Waals surface area contributed by atoms with Crippen molar-refractivity contribution in [2.75, 3.05) is 5.32 Å². The van der Waals surface area contributed by atoms with Crippen molar-refractivity contribution in [1.29, 1.82) is 0 Å². The van der Waals surface area contributed by atoms with Crippen molar-refractivity contribution in [2.45, 2.75) is 0 Å². The van der Waals surface area contributed by atoms with Gasteiger partial charge in [0.05, 0.1) is 10.7 Å². The standard InChI is InChI=1S/C19H16ClN2O3PS/c20-17-13-7-8-14-18(17)21-19(27)22-26(23,24-15-9-3-1-4-10-15)25-16-11-5-2-6-12-16/h1-14H,(H2,21,22,23,27). The lowest BCUT2D eigenvalue weighted by molar-refractivity contribution is 0.381. The quantitative estimate of drug-likeness (QED) is 0.384. The fourth-order valence-corrected chi connectivity index (χ4v) is 4.00. The second kappa shape index (κ2) is 8.91. The van der Waals surface area contributed by atoms with E-state index in [1.165, 1.54) is 0 Å². The predicted octanol–water partition coefficient (Wildman–Crippen LogP) is 5.89. The molecule has 5 nitrogen and oxygen atoms in total. The van der Waals surface area contributed by atoms with E-state index in [1.54, 1.807) is 72.8 Å². The van der Waals surface area contributed by atoms with E-state index >= 15 is 0 Å². The van der Waals surface area contributed by atoms with Crippen LogP contribution in [0.3, 0.4) is 0 Å². The molecule has 0 amide bonds. The van der Waals surface area contributed by atoms with Gasteiger partial charge in [0.25, 0.3) is 0 Å². The lowest BCUT2D eigenvalue weighted by Gasteiger charge is -2.21. The van der Waals surface area contributed by atoms with Crippen LogP contribution >= 0.6 is 31.6 Å². The van der Waals surface area contributed by atoms with Gasteiger partial charge in [0.1, 0.15) is 11.5 Å². The van der Waals surface area contributed by atoms with Gasteiger partial charge in [0.15, 0.2) is 5.11 Å². The molecule has 0 radical (unpaired) electrons. The molecule has 27 heavy (non-hydrogen) atoms. The number of rotatable bonds is 6. The normalized spacial score (nSPS) is 10.7. The molecule has 0 heterocycles. The molecule has 3 aromatic carbocycles. The maximum absolute atomic E-state index is 13.3. The van der Waals surface area contributed by atoms with Crippen LogP contribution in [-0.2, 0) is 4.57 Å². The maximum atomic E-state index is 13.3. The van der Waals surface area contributed by atoms with Gasteiger partial charge < -0.3 is 14.4 Å². The number of thiocarbonyl (C=S) groups is 1. The highest BCUT2D eigenvalue weighted by Gasteiger charge is 2.30. The summed E-state index contributed by atoms with van der Waals surface area (Å²) in [5, 5.41) is 6.06. The average Bonchev–Trinajstić information content (AvgIpc) is 2.65. The molecule has 0 saturated carbocycles. The number of anilines is 1. The van der Waals surface area contributed by atoms with Gasteiger partial charge in [-0.1, -0.05) is 60.1 Å². The van der Waals surface area contributed by atoms with Gasteiger partial charge in [0, 0.05) is 0 Å². The molecule has 0 bridgehead atoms. The second-order valence-corrected chi connectivity index (χ2v) is 7.75. The van der Waals surface area contributed by atoms with Crippen LogP contribution in [0, 0.1) is 0 Å². The molecule has 0 unspecified atom stereocenters. The highest BCUT2D eigenvalue weighted by molar-refractivity contribution is 7.81. The lowest BCUT2D eigenvalue weighted by Crippen LogP contribution is -2.29. The number of nitrogens with one attached hydrogen (secondary N) is 2. The number of halogens is 1. The highest BCUT2D eigenvalue weighted by Crippen LogP contribution is 2.44. The monoisotopic (exact) mass is 418 g/mol. The first-order valence-electron chi connectivity index (χ1n) is 7.97. The number of hydrogen-bond acceptors (Lipinski definition) is 4. The van der Waals surface area contributed by atoms with Crippen molar-refractivity contribution in [3.63, 3.8) is 0 Å². The minimum absolute atomic E-state index is 0.0540. The summed E-state index contributed by atoms with van der Waals surface area (Å²) in [6.45, 7) is 0. The molecule has 0 spiro atoms. The van der Waals surface area contributed by atoms with Gasteiger partial charge in [-0.2, -0.15) is 0 Å². The fraction of sp³-hybridized carbons (Fsp3) is 0. The predicted molar refractivity (Wildman–Crippen MR) is 113 cm³/mol. The van der Waals surface area contributed by atoms with Gasteiger partial charge >= 0.3 is 7.75 Å². The summed E-state index contributed by atoms with van der Waals surface area (Å²) in [4.78, 5) is 0. The average molecular weight is 419 g/mol. The molecule has 3 aromatic rings. The third-order valence-corrected chi connectivity index (χ3v) is 5.38. The van der Waals surface area contributed by atoms with Crippen molar-refractivity contribution in [2.24, 2.45) is 0 Å². The van der Waals surface area contributed by atoms with Crippen LogP contribution in [0.1, 0.15) is 0 Å². The first-order valence-corrected chi connectivity index (χ1v) is 10.3. The van der Waals surface area contributed by atoms with E-state index in [0.717, 1.165) is 0 Å². The molecular formula is C19H16ClN2O3PS. The van der Waals surface area contributed by atoms with Gasteiger partial charge in [-0.05, 0) is 48.6 Å². The summed E-state index contributed by atoms with van der Waals surface area (Å²) in [6.07, 6.45) is 0. The Hall–Kier alpha value is -2.53. The van der Waals surface area contributed by atoms with E-state index in [1.807, 2.05) is 12.1 Å². The fourth-order valence-electron chi connectivity index (χ4n) is 2.14. The largest absolute Gasteiger partial charge is 0.543 e. The summed E-state index contributed by atoms with van der Waals surface area (Å²) in [5.41, 5.74) is 0.572. The zero-order chi connectivity index (χ0) is 19.1. The van der Waals surface area contributed by atoms with Gasteiger partial charge in [-0.25, -0.2) is 9.65 Å². The molecule has 0 atom stereocenters. The molecular weight excluding hydrogens is 403 g/mol. The molecule has 0 aromatic heterocycles. The topological polar surface area (TPSA) is 59.6 Å². The van der Waals surface area contributed by atoms with E-state index in [9.17, 15) is 4.57 Å². The van der Waals surface area contributed by atoms with Crippen LogP contribution in [0.5, 0.6) is 11.5 Å². The van der Waals surface area contributed by atoms with Crippen LogP contribution in [0.15, 0.2) is 84.9 Å².